The quantitative estimate of drug-likeness (QED) is 0.766. The number of halogens is 1. The molecule has 1 fully saturated rings. The number of benzene rings is 1. The second kappa shape index (κ2) is 3.60. The molecule has 1 aliphatic rings. The molecule has 1 N–H and O–H groups in total. The average molecular weight is 194 g/mol. The van der Waals surface area contributed by atoms with Gasteiger partial charge < -0.3 is 5.11 Å². The Labute approximate surface area is 83.6 Å². The van der Waals surface area contributed by atoms with E-state index in [1.165, 1.54) is 0 Å². The predicted octanol–water partition coefficient (Wildman–Crippen LogP) is 3.17. The zero-order valence-electron chi connectivity index (χ0n) is 8.17. The second-order valence-electron chi connectivity index (χ2n) is 4.14. The fraction of sp³-hybridized carbons (Fsp3) is 0.500. The zero-order chi connectivity index (χ0) is 10.0. The molecule has 1 aromatic carbocycles. The minimum absolute atomic E-state index is 0.243. The Bertz CT molecular complexity index is 316. The lowest BCUT2D eigenvalue weighted by Crippen LogP contribution is -2.24. The van der Waals surface area contributed by atoms with Crippen LogP contribution < -0.4 is 0 Å². The minimum atomic E-state index is -0.397. The monoisotopic (exact) mass is 194 g/mol. The summed E-state index contributed by atoms with van der Waals surface area (Å²) in [6.45, 7) is -0.357. The number of phenolic OH excluding ortho intramolecular Hbond substituents is 1. The fourth-order valence-corrected chi connectivity index (χ4v) is 2.45. The summed E-state index contributed by atoms with van der Waals surface area (Å²) in [5.74, 6) is 0.243. The largest absolute Gasteiger partial charge is 0.508 e. The van der Waals surface area contributed by atoms with Gasteiger partial charge in [0.2, 0.25) is 0 Å². The molecular formula is C12H15FO. The van der Waals surface area contributed by atoms with Gasteiger partial charge in [0.15, 0.2) is 0 Å². The van der Waals surface area contributed by atoms with E-state index in [-0.39, 0.29) is 12.4 Å². The Morgan fingerprint density at radius 3 is 2.43 bits per heavy atom. The molecule has 1 aliphatic carbocycles. The van der Waals surface area contributed by atoms with Crippen LogP contribution in [0.4, 0.5) is 4.39 Å². The Morgan fingerprint density at radius 2 is 1.86 bits per heavy atom. The molecule has 0 unspecified atom stereocenters. The minimum Gasteiger partial charge on any atom is -0.508 e. The van der Waals surface area contributed by atoms with Gasteiger partial charge in [-0.15, -0.1) is 0 Å². The van der Waals surface area contributed by atoms with Crippen LogP contribution in [0, 0.1) is 0 Å². The van der Waals surface area contributed by atoms with Crippen LogP contribution in [-0.2, 0) is 5.41 Å². The van der Waals surface area contributed by atoms with Gasteiger partial charge in [0, 0.05) is 11.0 Å². The summed E-state index contributed by atoms with van der Waals surface area (Å²) in [7, 11) is 0. The van der Waals surface area contributed by atoms with Crippen LogP contribution >= 0.6 is 0 Å². The number of hydrogen-bond donors (Lipinski definition) is 1. The molecule has 0 radical (unpaired) electrons. The predicted molar refractivity (Wildman–Crippen MR) is 54.2 cm³/mol. The van der Waals surface area contributed by atoms with Crippen molar-refractivity contribution in [1.29, 1.82) is 0 Å². The molecule has 0 aliphatic heterocycles. The Kier molecular flexibility index (Phi) is 2.44. The van der Waals surface area contributed by atoms with Gasteiger partial charge in [-0.2, -0.15) is 0 Å². The summed E-state index contributed by atoms with van der Waals surface area (Å²) in [4.78, 5) is 0. The molecule has 0 amide bonds. The van der Waals surface area contributed by atoms with Crippen LogP contribution in [0.25, 0.3) is 0 Å². The summed E-state index contributed by atoms with van der Waals surface area (Å²) < 4.78 is 13.1. The van der Waals surface area contributed by atoms with Crippen molar-refractivity contribution in [2.45, 2.75) is 31.1 Å². The molecule has 2 rings (SSSR count). The highest BCUT2D eigenvalue weighted by atomic mass is 19.1. The van der Waals surface area contributed by atoms with Crippen molar-refractivity contribution in [3.05, 3.63) is 29.8 Å². The van der Waals surface area contributed by atoms with Gasteiger partial charge in [-0.1, -0.05) is 31.0 Å². The first-order chi connectivity index (χ1) is 6.78. The number of phenols is 1. The molecule has 1 saturated carbocycles. The van der Waals surface area contributed by atoms with Crippen LogP contribution in [0.5, 0.6) is 5.75 Å². The third-order valence-corrected chi connectivity index (χ3v) is 3.29. The molecule has 0 atom stereocenters. The van der Waals surface area contributed by atoms with E-state index in [1.807, 2.05) is 12.1 Å². The summed E-state index contributed by atoms with van der Waals surface area (Å²) >= 11 is 0. The maximum absolute atomic E-state index is 13.1. The molecule has 76 valence electrons. The van der Waals surface area contributed by atoms with E-state index in [4.69, 9.17) is 0 Å². The highest BCUT2D eigenvalue weighted by molar-refractivity contribution is 5.39. The van der Waals surface area contributed by atoms with Crippen molar-refractivity contribution < 1.29 is 9.50 Å². The van der Waals surface area contributed by atoms with Gasteiger partial charge in [-0.25, -0.2) is 0 Å². The number of alkyl halides is 1. The van der Waals surface area contributed by atoms with E-state index < -0.39 is 5.41 Å². The van der Waals surface area contributed by atoms with Crippen molar-refractivity contribution in [3.63, 3.8) is 0 Å². The van der Waals surface area contributed by atoms with Gasteiger partial charge in [0.1, 0.15) is 5.75 Å². The van der Waals surface area contributed by atoms with Crippen molar-refractivity contribution >= 4 is 0 Å². The topological polar surface area (TPSA) is 20.2 Å². The molecule has 0 spiro atoms. The van der Waals surface area contributed by atoms with Crippen LogP contribution in [-0.4, -0.2) is 11.8 Å². The maximum atomic E-state index is 13.1. The molecular weight excluding hydrogens is 179 g/mol. The first-order valence-corrected chi connectivity index (χ1v) is 5.13. The van der Waals surface area contributed by atoms with Crippen LogP contribution in [0.3, 0.4) is 0 Å². The van der Waals surface area contributed by atoms with E-state index >= 15 is 0 Å². The van der Waals surface area contributed by atoms with E-state index in [0.29, 0.717) is 0 Å². The zero-order valence-corrected chi connectivity index (χ0v) is 8.17. The SMILES string of the molecule is Oc1ccccc1C1(CF)CCCC1. The maximum Gasteiger partial charge on any atom is 0.119 e. The first kappa shape index (κ1) is 9.50. The van der Waals surface area contributed by atoms with Crippen LogP contribution in [0.15, 0.2) is 24.3 Å². The summed E-state index contributed by atoms with van der Waals surface area (Å²) in [6, 6.07) is 7.13. The molecule has 0 heterocycles. The lowest BCUT2D eigenvalue weighted by molar-refractivity contribution is 0.299. The fourth-order valence-electron chi connectivity index (χ4n) is 2.45. The third-order valence-electron chi connectivity index (χ3n) is 3.29. The lowest BCUT2D eigenvalue weighted by atomic mass is 9.80. The van der Waals surface area contributed by atoms with Crippen molar-refractivity contribution in [2.75, 3.05) is 6.67 Å². The summed E-state index contributed by atoms with van der Waals surface area (Å²) in [6.07, 6.45) is 3.86. The smallest absolute Gasteiger partial charge is 0.119 e. The molecule has 1 nitrogen and oxygen atoms in total. The highest BCUT2D eigenvalue weighted by Gasteiger charge is 2.37. The molecule has 2 heteroatoms. The molecule has 14 heavy (non-hydrogen) atoms. The average Bonchev–Trinajstić information content (AvgIpc) is 2.68. The van der Waals surface area contributed by atoms with Gasteiger partial charge >= 0.3 is 0 Å². The van der Waals surface area contributed by atoms with Crippen molar-refractivity contribution in [1.82, 2.24) is 0 Å². The number of para-hydroxylation sites is 1. The number of rotatable bonds is 2. The van der Waals surface area contributed by atoms with Crippen molar-refractivity contribution in [3.8, 4) is 5.75 Å². The number of aromatic hydroxyl groups is 1. The van der Waals surface area contributed by atoms with Gasteiger partial charge in [0.05, 0.1) is 6.67 Å². The van der Waals surface area contributed by atoms with E-state index in [0.717, 1.165) is 31.2 Å². The van der Waals surface area contributed by atoms with Crippen LogP contribution in [0.1, 0.15) is 31.2 Å². The highest BCUT2D eigenvalue weighted by Crippen LogP contribution is 2.44. The van der Waals surface area contributed by atoms with Crippen LogP contribution in [0.2, 0.25) is 0 Å². The third kappa shape index (κ3) is 1.39. The molecule has 0 bridgehead atoms. The Hall–Kier alpha value is -1.05. The molecule has 0 aromatic heterocycles. The Morgan fingerprint density at radius 1 is 1.21 bits per heavy atom. The second-order valence-corrected chi connectivity index (χ2v) is 4.14. The van der Waals surface area contributed by atoms with Gasteiger partial charge in [-0.05, 0) is 18.9 Å². The summed E-state index contributed by atoms with van der Waals surface area (Å²) in [5, 5.41) is 9.70. The van der Waals surface area contributed by atoms with E-state index in [2.05, 4.69) is 0 Å². The normalized spacial score (nSPS) is 19.8. The van der Waals surface area contributed by atoms with Gasteiger partial charge in [-0.3, -0.25) is 4.39 Å². The standard InChI is InChI=1S/C12H15FO/c13-9-12(7-3-4-8-12)10-5-1-2-6-11(10)14/h1-2,5-6,14H,3-4,7-9H2. The lowest BCUT2D eigenvalue weighted by Gasteiger charge is -2.26. The van der Waals surface area contributed by atoms with Crippen molar-refractivity contribution in [2.24, 2.45) is 0 Å². The van der Waals surface area contributed by atoms with E-state index in [9.17, 15) is 9.50 Å². The first-order valence-electron chi connectivity index (χ1n) is 5.13. The summed E-state index contributed by atoms with van der Waals surface area (Å²) in [5.41, 5.74) is 0.394. The van der Waals surface area contributed by atoms with Gasteiger partial charge in [0.25, 0.3) is 0 Å². The Balaban J connectivity index is 2.41. The van der Waals surface area contributed by atoms with E-state index in [1.54, 1.807) is 12.1 Å². The molecule has 0 saturated heterocycles. The number of hydrogen-bond acceptors (Lipinski definition) is 1. The molecule has 1 aromatic rings.